The molecule has 4 rings (SSSR count). The SMILES string of the molecule is O=CNc1c(CC(=O)O)ccc2c1C1C(=O)C=NC=C1N2CC1CCCCC1. The van der Waals surface area contributed by atoms with Gasteiger partial charge in [0, 0.05) is 24.0 Å². The molecule has 1 atom stereocenters. The van der Waals surface area contributed by atoms with Gasteiger partial charge in [0.15, 0.2) is 5.78 Å². The second kappa shape index (κ2) is 7.58. The summed E-state index contributed by atoms with van der Waals surface area (Å²) in [6.07, 6.45) is 9.38. The van der Waals surface area contributed by atoms with Crippen molar-refractivity contribution in [3.05, 3.63) is 35.2 Å². The molecule has 0 saturated heterocycles. The summed E-state index contributed by atoms with van der Waals surface area (Å²) < 4.78 is 0. The van der Waals surface area contributed by atoms with E-state index in [1.54, 1.807) is 12.3 Å². The molecule has 0 bridgehead atoms. The minimum Gasteiger partial charge on any atom is -0.481 e. The number of ketones is 1. The number of allylic oxidation sites excluding steroid dienone is 1. The summed E-state index contributed by atoms with van der Waals surface area (Å²) in [6.45, 7) is 0.803. The fourth-order valence-corrected chi connectivity index (χ4v) is 4.69. The van der Waals surface area contributed by atoms with Gasteiger partial charge in [-0.1, -0.05) is 25.3 Å². The largest absolute Gasteiger partial charge is 0.481 e. The fourth-order valence-electron chi connectivity index (χ4n) is 4.69. The summed E-state index contributed by atoms with van der Waals surface area (Å²) in [5.74, 6) is -1.14. The fraction of sp³-hybridized carbons (Fsp3) is 0.429. The zero-order valence-electron chi connectivity index (χ0n) is 15.6. The number of aliphatic carboxylic acids is 1. The molecule has 2 aliphatic heterocycles. The number of hydrogen-bond donors (Lipinski definition) is 2. The molecule has 7 heteroatoms. The van der Waals surface area contributed by atoms with Crippen molar-refractivity contribution >= 4 is 35.8 Å². The highest BCUT2D eigenvalue weighted by molar-refractivity contribution is 6.33. The van der Waals surface area contributed by atoms with E-state index in [0.29, 0.717) is 29.1 Å². The third kappa shape index (κ3) is 3.21. The average molecular weight is 381 g/mol. The first kappa shape index (κ1) is 18.4. The van der Waals surface area contributed by atoms with E-state index in [9.17, 15) is 19.5 Å². The number of hydrogen-bond acceptors (Lipinski definition) is 5. The Kier molecular flexibility index (Phi) is 4.98. The first-order valence-corrected chi connectivity index (χ1v) is 9.72. The molecule has 1 aliphatic carbocycles. The maximum Gasteiger partial charge on any atom is 0.307 e. The van der Waals surface area contributed by atoms with Gasteiger partial charge in [-0.2, -0.15) is 0 Å². The van der Waals surface area contributed by atoms with Gasteiger partial charge in [-0.15, -0.1) is 0 Å². The molecule has 1 unspecified atom stereocenters. The van der Waals surface area contributed by atoms with Crippen LogP contribution < -0.4 is 10.2 Å². The van der Waals surface area contributed by atoms with Gasteiger partial charge in [-0.3, -0.25) is 19.4 Å². The van der Waals surface area contributed by atoms with E-state index in [-0.39, 0.29) is 12.2 Å². The van der Waals surface area contributed by atoms with Crippen LogP contribution in [0.4, 0.5) is 11.4 Å². The maximum absolute atomic E-state index is 12.7. The molecule has 1 fully saturated rings. The van der Waals surface area contributed by atoms with Crippen LogP contribution in [0.5, 0.6) is 0 Å². The van der Waals surface area contributed by atoms with Crippen LogP contribution in [0.1, 0.15) is 49.1 Å². The smallest absolute Gasteiger partial charge is 0.307 e. The van der Waals surface area contributed by atoms with Gasteiger partial charge in [-0.05, 0) is 30.4 Å². The van der Waals surface area contributed by atoms with Crippen LogP contribution in [0, 0.1) is 5.92 Å². The molecule has 1 aromatic rings. The summed E-state index contributed by atoms with van der Waals surface area (Å²) in [6, 6.07) is 3.61. The number of carbonyl (C=O) groups excluding carboxylic acids is 2. The van der Waals surface area contributed by atoms with Crippen LogP contribution in [-0.2, 0) is 20.8 Å². The lowest BCUT2D eigenvalue weighted by atomic mass is 9.88. The first-order valence-electron chi connectivity index (χ1n) is 9.72. The van der Waals surface area contributed by atoms with Gasteiger partial charge in [0.05, 0.1) is 29.9 Å². The molecule has 0 radical (unpaired) electrons. The van der Waals surface area contributed by atoms with Crippen molar-refractivity contribution in [1.29, 1.82) is 0 Å². The van der Waals surface area contributed by atoms with Crippen molar-refractivity contribution < 1.29 is 19.5 Å². The lowest BCUT2D eigenvalue weighted by molar-refractivity contribution is -0.136. The van der Waals surface area contributed by atoms with E-state index in [1.165, 1.54) is 25.5 Å². The number of amides is 1. The van der Waals surface area contributed by atoms with Crippen molar-refractivity contribution in [2.24, 2.45) is 10.9 Å². The van der Waals surface area contributed by atoms with Gasteiger partial charge in [0.25, 0.3) is 0 Å². The molecular formula is C21H23N3O4. The van der Waals surface area contributed by atoms with E-state index in [2.05, 4.69) is 15.2 Å². The molecule has 1 aromatic carbocycles. The van der Waals surface area contributed by atoms with Gasteiger partial charge in [-0.25, -0.2) is 0 Å². The Morgan fingerprint density at radius 1 is 1.29 bits per heavy atom. The number of nitrogens with zero attached hydrogens (tertiary/aromatic N) is 2. The zero-order valence-corrected chi connectivity index (χ0v) is 15.6. The quantitative estimate of drug-likeness (QED) is 0.738. The number of benzene rings is 1. The Hall–Kier alpha value is -2.96. The normalized spacial score (nSPS) is 21.1. The van der Waals surface area contributed by atoms with E-state index >= 15 is 0 Å². The minimum atomic E-state index is -0.988. The van der Waals surface area contributed by atoms with Crippen molar-refractivity contribution in [2.75, 3.05) is 16.8 Å². The van der Waals surface area contributed by atoms with Crippen LogP contribution in [0.15, 0.2) is 29.0 Å². The Balaban J connectivity index is 1.81. The Bertz CT molecular complexity index is 884. The van der Waals surface area contributed by atoms with Crippen LogP contribution in [0.25, 0.3) is 0 Å². The molecule has 28 heavy (non-hydrogen) atoms. The highest BCUT2D eigenvalue weighted by atomic mass is 16.4. The number of anilines is 2. The molecule has 3 aliphatic rings. The zero-order chi connectivity index (χ0) is 19.7. The summed E-state index contributed by atoms with van der Waals surface area (Å²) in [5.41, 5.74) is 3.28. The summed E-state index contributed by atoms with van der Waals surface area (Å²) >= 11 is 0. The van der Waals surface area contributed by atoms with Crippen LogP contribution >= 0.6 is 0 Å². The topological polar surface area (TPSA) is 99.1 Å². The number of carboxylic acid groups (broad SMARTS) is 1. The molecular weight excluding hydrogens is 358 g/mol. The van der Waals surface area contributed by atoms with E-state index < -0.39 is 11.9 Å². The highest BCUT2D eigenvalue weighted by Crippen LogP contribution is 2.50. The second-order valence-electron chi connectivity index (χ2n) is 7.65. The van der Waals surface area contributed by atoms with E-state index in [1.807, 2.05) is 6.07 Å². The van der Waals surface area contributed by atoms with Gasteiger partial charge in [0.1, 0.15) is 0 Å². The lowest BCUT2D eigenvalue weighted by Gasteiger charge is -2.30. The van der Waals surface area contributed by atoms with Crippen LogP contribution in [-0.4, -0.2) is 36.0 Å². The molecule has 146 valence electrons. The molecule has 7 nitrogen and oxygen atoms in total. The van der Waals surface area contributed by atoms with Crippen molar-refractivity contribution in [1.82, 2.24) is 0 Å². The molecule has 1 amide bonds. The lowest BCUT2D eigenvalue weighted by Crippen LogP contribution is -2.30. The predicted octanol–water partition coefficient (Wildman–Crippen LogP) is 2.86. The molecule has 1 saturated carbocycles. The monoisotopic (exact) mass is 381 g/mol. The Morgan fingerprint density at radius 3 is 2.79 bits per heavy atom. The first-order chi connectivity index (χ1) is 13.6. The van der Waals surface area contributed by atoms with Gasteiger partial charge in [0.2, 0.25) is 6.41 Å². The van der Waals surface area contributed by atoms with Crippen molar-refractivity contribution in [3.8, 4) is 0 Å². The van der Waals surface area contributed by atoms with Gasteiger partial charge < -0.3 is 15.3 Å². The standard InChI is InChI=1S/C21H23N3O4/c25-12-23-21-14(8-18(27)28)6-7-15-20(21)19-16(9-22-10-17(19)26)24(15)11-13-4-2-1-3-5-13/h6-7,9-10,12-13,19H,1-5,8,11H2,(H,23,25)(H,27,28). The number of nitrogens with one attached hydrogen (secondary N) is 1. The average Bonchev–Trinajstić information content (AvgIpc) is 2.99. The number of fused-ring (bicyclic) bond motifs is 3. The molecule has 0 aromatic heterocycles. The summed E-state index contributed by atoms with van der Waals surface area (Å²) in [4.78, 5) is 41.5. The number of carbonyl (C=O) groups is 3. The molecule has 2 heterocycles. The Morgan fingerprint density at radius 2 is 2.07 bits per heavy atom. The predicted molar refractivity (Wildman–Crippen MR) is 106 cm³/mol. The van der Waals surface area contributed by atoms with Gasteiger partial charge >= 0.3 is 5.97 Å². The second-order valence-corrected chi connectivity index (χ2v) is 7.65. The van der Waals surface area contributed by atoms with Crippen LogP contribution in [0.3, 0.4) is 0 Å². The highest BCUT2D eigenvalue weighted by Gasteiger charge is 2.42. The Labute approximate surface area is 163 Å². The van der Waals surface area contributed by atoms with Crippen molar-refractivity contribution in [3.63, 3.8) is 0 Å². The summed E-state index contributed by atoms with van der Waals surface area (Å²) in [5, 5.41) is 11.9. The van der Waals surface area contributed by atoms with E-state index in [4.69, 9.17) is 0 Å². The van der Waals surface area contributed by atoms with E-state index in [0.717, 1.165) is 30.8 Å². The molecule has 0 spiro atoms. The summed E-state index contributed by atoms with van der Waals surface area (Å²) in [7, 11) is 0. The number of aliphatic imine (C=N–C) groups is 1. The third-order valence-electron chi connectivity index (χ3n) is 5.90. The van der Waals surface area contributed by atoms with Crippen molar-refractivity contribution in [2.45, 2.75) is 44.4 Å². The molecule has 2 N–H and O–H groups in total. The number of Topliss-reactive ketones (excluding diaryl/α,β-unsaturated/α-hetero) is 1. The number of rotatable bonds is 6. The van der Waals surface area contributed by atoms with Crippen LogP contribution in [0.2, 0.25) is 0 Å². The maximum atomic E-state index is 12.7. The minimum absolute atomic E-state index is 0.147. The third-order valence-corrected chi connectivity index (χ3v) is 5.90. The number of carboxylic acids is 1.